The van der Waals surface area contributed by atoms with Gasteiger partial charge in [0, 0.05) is 29.7 Å². The summed E-state index contributed by atoms with van der Waals surface area (Å²) in [4.78, 5) is 30.7. The van der Waals surface area contributed by atoms with Gasteiger partial charge in [-0.15, -0.1) is 11.3 Å². The molecule has 4 N–H and O–H groups in total. The first-order chi connectivity index (χ1) is 10.1. The second-order valence-electron chi connectivity index (χ2n) is 4.40. The van der Waals surface area contributed by atoms with Gasteiger partial charge in [-0.2, -0.15) is 0 Å². The van der Waals surface area contributed by atoms with Gasteiger partial charge >= 0.3 is 12.0 Å². The molecular weight excluding hydrogens is 292 g/mol. The van der Waals surface area contributed by atoms with E-state index >= 15 is 0 Å². The first-order valence-electron chi connectivity index (χ1n) is 6.42. The zero-order chi connectivity index (χ0) is 15.1. The van der Waals surface area contributed by atoms with Crippen LogP contribution < -0.4 is 10.6 Å². The van der Waals surface area contributed by atoms with E-state index in [2.05, 4.69) is 20.6 Å². The average molecular weight is 308 g/mol. The number of hydrogen-bond acceptors (Lipinski definition) is 4. The van der Waals surface area contributed by atoms with Crippen molar-refractivity contribution in [1.29, 1.82) is 0 Å². The average Bonchev–Trinajstić information content (AvgIpc) is 3.10. The van der Waals surface area contributed by atoms with E-state index in [0.29, 0.717) is 12.2 Å². The second-order valence-corrected chi connectivity index (χ2v) is 5.43. The number of carbonyl (C=O) groups excluding carboxylic acids is 1. The van der Waals surface area contributed by atoms with Crippen LogP contribution in [0.25, 0.3) is 0 Å². The standard InChI is InChI=1S/C13H16N4O3S/c18-12(19)11(6-9-7-14-8-16-9)17-13(20)15-4-3-10-2-1-5-21-10/h1-2,5,7-8,11H,3-4,6H2,(H,14,16)(H,18,19)(H2,15,17,20). The number of carboxylic acid groups (broad SMARTS) is 1. The molecular formula is C13H16N4O3S. The minimum absolute atomic E-state index is 0.160. The van der Waals surface area contributed by atoms with Crippen LogP contribution in [0.3, 0.4) is 0 Å². The fourth-order valence-corrected chi connectivity index (χ4v) is 2.49. The number of aromatic amines is 1. The Morgan fingerprint density at radius 2 is 2.33 bits per heavy atom. The molecule has 2 heterocycles. The Bertz CT molecular complexity index is 568. The lowest BCUT2D eigenvalue weighted by Gasteiger charge is -2.14. The fraction of sp³-hybridized carbons (Fsp3) is 0.308. The van der Waals surface area contributed by atoms with E-state index in [1.165, 1.54) is 17.4 Å². The summed E-state index contributed by atoms with van der Waals surface area (Å²) in [6.07, 6.45) is 3.89. The third-order valence-electron chi connectivity index (χ3n) is 2.82. The van der Waals surface area contributed by atoms with Gasteiger partial charge in [-0.3, -0.25) is 0 Å². The fourth-order valence-electron chi connectivity index (χ4n) is 1.78. The molecule has 21 heavy (non-hydrogen) atoms. The SMILES string of the molecule is O=C(NCCc1cccs1)NC(Cc1cnc[nH]1)C(=O)O. The Hall–Kier alpha value is -2.35. The van der Waals surface area contributed by atoms with Crippen LogP contribution in [0.1, 0.15) is 10.6 Å². The summed E-state index contributed by atoms with van der Waals surface area (Å²) in [5.41, 5.74) is 0.654. The van der Waals surface area contributed by atoms with Crippen molar-refractivity contribution in [3.05, 3.63) is 40.6 Å². The molecule has 0 fully saturated rings. The molecule has 0 saturated carbocycles. The molecule has 0 aliphatic heterocycles. The van der Waals surface area contributed by atoms with Crippen LogP contribution in [0, 0.1) is 0 Å². The predicted molar refractivity (Wildman–Crippen MR) is 78.3 cm³/mol. The molecule has 0 aromatic carbocycles. The van der Waals surface area contributed by atoms with Crippen LogP contribution in [0.2, 0.25) is 0 Å². The van der Waals surface area contributed by atoms with Crippen LogP contribution in [-0.2, 0) is 17.6 Å². The van der Waals surface area contributed by atoms with Gasteiger partial charge in [0.2, 0.25) is 0 Å². The molecule has 2 rings (SSSR count). The maximum Gasteiger partial charge on any atom is 0.326 e. The number of nitrogens with zero attached hydrogens (tertiary/aromatic N) is 1. The van der Waals surface area contributed by atoms with Crippen molar-refractivity contribution < 1.29 is 14.7 Å². The molecule has 112 valence electrons. The highest BCUT2D eigenvalue weighted by molar-refractivity contribution is 7.09. The van der Waals surface area contributed by atoms with Crippen molar-refractivity contribution in [2.75, 3.05) is 6.54 Å². The number of rotatable bonds is 7. The van der Waals surface area contributed by atoms with Gasteiger partial charge in [-0.1, -0.05) is 6.07 Å². The van der Waals surface area contributed by atoms with E-state index in [-0.39, 0.29) is 6.42 Å². The minimum atomic E-state index is -1.09. The van der Waals surface area contributed by atoms with Crippen LogP contribution in [0.5, 0.6) is 0 Å². The van der Waals surface area contributed by atoms with E-state index in [4.69, 9.17) is 5.11 Å². The van der Waals surface area contributed by atoms with E-state index < -0.39 is 18.0 Å². The lowest BCUT2D eigenvalue weighted by molar-refractivity contribution is -0.139. The molecule has 0 spiro atoms. The normalized spacial score (nSPS) is 11.8. The number of thiophene rings is 1. The highest BCUT2D eigenvalue weighted by Crippen LogP contribution is 2.08. The number of aromatic nitrogens is 2. The summed E-state index contributed by atoms with van der Waals surface area (Å²) in [6.45, 7) is 0.461. The Balaban J connectivity index is 1.76. The number of imidazole rings is 1. The molecule has 0 aliphatic rings. The molecule has 1 unspecified atom stereocenters. The van der Waals surface area contributed by atoms with Gasteiger partial charge in [0.15, 0.2) is 0 Å². The van der Waals surface area contributed by atoms with Crippen molar-refractivity contribution in [1.82, 2.24) is 20.6 Å². The summed E-state index contributed by atoms with van der Waals surface area (Å²) in [7, 11) is 0. The zero-order valence-electron chi connectivity index (χ0n) is 11.2. The molecule has 2 aromatic heterocycles. The number of amides is 2. The molecule has 0 saturated heterocycles. The highest BCUT2D eigenvalue weighted by Gasteiger charge is 2.20. The highest BCUT2D eigenvalue weighted by atomic mass is 32.1. The molecule has 0 aliphatic carbocycles. The molecule has 1 atom stereocenters. The quantitative estimate of drug-likeness (QED) is 0.612. The Morgan fingerprint density at radius 3 is 2.95 bits per heavy atom. The van der Waals surface area contributed by atoms with Crippen LogP contribution in [0.15, 0.2) is 30.0 Å². The van der Waals surface area contributed by atoms with E-state index in [9.17, 15) is 9.59 Å². The van der Waals surface area contributed by atoms with E-state index in [1.54, 1.807) is 11.3 Å². The topological polar surface area (TPSA) is 107 Å². The number of hydrogen-bond donors (Lipinski definition) is 4. The Morgan fingerprint density at radius 1 is 1.48 bits per heavy atom. The Kier molecular flexibility index (Phi) is 5.33. The van der Waals surface area contributed by atoms with Crippen LogP contribution in [-0.4, -0.2) is 39.7 Å². The van der Waals surface area contributed by atoms with Crippen molar-refractivity contribution >= 4 is 23.3 Å². The van der Waals surface area contributed by atoms with Gasteiger partial charge in [0.05, 0.1) is 6.33 Å². The van der Waals surface area contributed by atoms with Crippen molar-refractivity contribution in [2.45, 2.75) is 18.9 Å². The van der Waals surface area contributed by atoms with E-state index in [1.807, 2.05) is 17.5 Å². The van der Waals surface area contributed by atoms with Crippen LogP contribution >= 0.6 is 11.3 Å². The number of carboxylic acids is 1. The molecule has 0 bridgehead atoms. The summed E-state index contributed by atoms with van der Waals surface area (Å²) in [5.74, 6) is -1.09. The monoisotopic (exact) mass is 308 g/mol. The minimum Gasteiger partial charge on any atom is -0.480 e. The molecule has 8 heteroatoms. The van der Waals surface area contributed by atoms with Gasteiger partial charge in [0.1, 0.15) is 6.04 Å². The summed E-state index contributed by atoms with van der Waals surface area (Å²) < 4.78 is 0. The summed E-state index contributed by atoms with van der Waals surface area (Å²) in [5, 5.41) is 16.2. The van der Waals surface area contributed by atoms with Crippen molar-refractivity contribution in [3.63, 3.8) is 0 Å². The molecule has 7 nitrogen and oxygen atoms in total. The number of aliphatic carboxylic acids is 1. The number of H-pyrrole nitrogens is 1. The van der Waals surface area contributed by atoms with Crippen molar-refractivity contribution in [2.24, 2.45) is 0 Å². The Labute approximate surface area is 125 Å². The van der Waals surface area contributed by atoms with Gasteiger partial charge in [0.25, 0.3) is 0 Å². The predicted octanol–water partition coefficient (Wildman–Crippen LogP) is 1.01. The smallest absolute Gasteiger partial charge is 0.326 e. The zero-order valence-corrected chi connectivity index (χ0v) is 12.0. The van der Waals surface area contributed by atoms with Crippen molar-refractivity contribution in [3.8, 4) is 0 Å². The number of nitrogens with one attached hydrogen (secondary N) is 3. The lowest BCUT2D eigenvalue weighted by Crippen LogP contribution is -2.47. The maximum absolute atomic E-state index is 11.7. The van der Waals surface area contributed by atoms with Gasteiger partial charge in [-0.25, -0.2) is 14.6 Å². The second kappa shape index (κ2) is 7.44. The third-order valence-corrected chi connectivity index (χ3v) is 3.76. The summed E-state index contributed by atoms with van der Waals surface area (Å²) >= 11 is 1.62. The molecule has 2 amide bonds. The number of carbonyl (C=O) groups is 2. The maximum atomic E-state index is 11.7. The lowest BCUT2D eigenvalue weighted by atomic mass is 10.2. The first-order valence-corrected chi connectivity index (χ1v) is 7.30. The molecule has 2 aromatic rings. The largest absolute Gasteiger partial charge is 0.480 e. The summed E-state index contributed by atoms with van der Waals surface area (Å²) in [6, 6.07) is 2.46. The first kappa shape index (κ1) is 15.0. The van der Waals surface area contributed by atoms with E-state index in [0.717, 1.165) is 6.42 Å². The molecule has 0 radical (unpaired) electrons. The van der Waals surface area contributed by atoms with Crippen LogP contribution in [0.4, 0.5) is 4.79 Å². The number of urea groups is 1. The third kappa shape index (κ3) is 4.92. The van der Waals surface area contributed by atoms with Gasteiger partial charge in [-0.05, 0) is 17.9 Å². The van der Waals surface area contributed by atoms with Gasteiger partial charge < -0.3 is 20.7 Å².